The van der Waals surface area contributed by atoms with Gasteiger partial charge in [-0.3, -0.25) is 9.67 Å². The van der Waals surface area contributed by atoms with E-state index in [9.17, 15) is 0 Å². The summed E-state index contributed by atoms with van der Waals surface area (Å²) in [5, 5.41) is 10.7. The molecule has 0 saturated heterocycles. The van der Waals surface area contributed by atoms with E-state index < -0.39 is 0 Å². The van der Waals surface area contributed by atoms with E-state index in [0.29, 0.717) is 13.2 Å². The Morgan fingerprint density at radius 1 is 1.30 bits per heavy atom. The number of aryl methyl sites for hydroxylation is 1. The lowest BCUT2D eigenvalue weighted by atomic mass is 10.3. The Kier molecular flexibility index (Phi) is 9.02. The van der Waals surface area contributed by atoms with Gasteiger partial charge in [-0.15, -0.1) is 24.0 Å². The SMILES string of the molecule is CCNC(=NCCCn1cccn1)NCCOc1ccc2c(c1)OCO2.I. The van der Waals surface area contributed by atoms with Crippen LogP contribution in [0.4, 0.5) is 0 Å². The van der Waals surface area contributed by atoms with Crippen LogP contribution >= 0.6 is 24.0 Å². The summed E-state index contributed by atoms with van der Waals surface area (Å²) in [5.74, 6) is 3.04. The van der Waals surface area contributed by atoms with Crippen molar-refractivity contribution in [3.05, 3.63) is 36.7 Å². The number of aromatic nitrogens is 2. The van der Waals surface area contributed by atoms with Gasteiger partial charge in [-0.05, 0) is 31.5 Å². The maximum absolute atomic E-state index is 5.74. The highest BCUT2D eigenvalue weighted by Crippen LogP contribution is 2.34. The van der Waals surface area contributed by atoms with Crippen LogP contribution in [0.5, 0.6) is 17.2 Å². The number of ether oxygens (including phenoxy) is 3. The number of rotatable bonds is 9. The zero-order chi connectivity index (χ0) is 18.0. The predicted octanol–water partition coefficient (Wildman–Crippen LogP) is 2.25. The Balaban J connectivity index is 0.00000261. The van der Waals surface area contributed by atoms with E-state index in [1.165, 1.54) is 0 Å². The molecule has 0 unspecified atom stereocenters. The molecule has 0 bridgehead atoms. The van der Waals surface area contributed by atoms with Gasteiger partial charge in [0.15, 0.2) is 17.5 Å². The van der Waals surface area contributed by atoms with Crippen LogP contribution in [0.3, 0.4) is 0 Å². The van der Waals surface area contributed by atoms with Crippen LogP contribution in [0.1, 0.15) is 13.3 Å². The number of aliphatic imine (C=N–C) groups is 1. The molecular weight excluding hydrogens is 461 g/mol. The monoisotopic (exact) mass is 487 g/mol. The molecule has 3 rings (SSSR count). The van der Waals surface area contributed by atoms with E-state index in [-0.39, 0.29) is 30.8 Å². The molecule has 2 heterocycles. The predicted molar refractivity (Wildman–Crippen MR) is 114 cm³/mol. The molecule has 27 heavy (non-hydrogen) atoms. The first kappa shape index (κ1) is 21.1. The first-order chi connectivity index (χ1) is 12.8. The van der Waals surface area contributed by atoms with Gasteiger partial charge in [0.1, 0.15) is 12.4 Å². The fourth-order valence-electron chi connectivity index (χ4n) is 2.50. The van der Waals surface area contributed by atoms with Gasteiger partial charge in [0.25, 0.3) is 0 Å². The van der Waals surface area contributed by atoms with Gasteiger partial charge in [0, 0.05) is 38.1 Å². The van der Waals surface area contributed by atoms with Gasteiger partial charge in [-0.1, -0.05) is 0 Å². The molecule has 0 fully saturated rings. The third-order valence-electron chi connectivity index (χ3n) is 3.73. The van der Waals surface area contributed by atoms with Crippen molar-refractivity contribution in [3.8, 4) is 17.2 Å². The van der Waals surface area contributed by atoms with Gasteiger partial charge in [0.05, 0.1) is 6.54 Å². The highest BCUT2D eigenvalue weighted by atomic mass is 127. The molecule has 0 atom stereocenters. The lowest BCUT2D eigenvalue weighted by Gasteiger charge is -2.12. The number of guanidine groups is 1. The summed E-state index contributed by atoms with van der Waals surface area (Å²) in [6, 6.07) is 7.50. The minimum absolute atomic E-state index is 0. The van der Waals surface area contributed by atoms with E-state index in [1.807, 2.05) is 42.1 Å². The smallest absolute Gasteiger partial charge is 0.231 e. The molecule has 1 aromatic heterocycles. The van der Waals surface area contributed by atoms with Crippen LogP contribution in [0.25, 0.3) is 0 Å². The zero-order valence-corrected chi connectivity index (χ0v) is 17.7. The topological polar surface area (TPSA) is 81.9 Å². The van der Waals surface area contributed by atoms with Crippen LogP contribution in [0.2, 0.25) is 0 Å². The van der Waals surface area contributed by atoms with Crippen LogP contribution < -0.4 is 24.8 Å². The Morgan fingerprint density at radius 2 is 2.19 bits per heavy atom. The van der Waals surface area contributed by atoms with Crippen molar-refractivity contribution < 1.29 is 14.2 Å². The lowest BCUT2D eigenvalue weighted by molar-refractivity contribution is 0.173. The second kappa shape index (κ2) is 11.5. The van der Waals surface area contributed by atoms with Crippen molar-refractivity contribution in [2.24, 2.45) is 4.99 Å². The number of hydrogen-bond acceptors (Lipinski definition) is 5. The molecule has 8 nitrogen and oxygen atoms in total. The Morgan fingerprint density at radius 3 is 3.00 bits per heavy atom. The molecular formula is C18H26IN5O3. The first-order valence-electron chi connectivity index (χ1n) is 8.87. The van der Waals surface area contributed by atoms with Gasteiger partial charge >= 0.3 is 0 Å². The molecule has 0 amide bonds. The fraction of sp³-hybridized carbons (Fsp3) is 0.444. The maximum atomic E-state index is 5.74. The first-order valence-corrected chi connectivity index (χ1v) is 8.87. The largest absolute Gasteiger partial charge is 0.492 e. The summed E-state index contributed by atoms with van der Waals surface area (Å²) >= 11 is 0. The quantitative estimate of drug-likeness (QED) is 0.245. The van der Waals surface area contributed by atoms with Crippen LogP contribution in [0, 0.1) is 0 Å². The van der Waals surface area contributed by atoms with E-state index in [2.05, 4.69) is 20.7 Å². The molecule has 2 aromatic rings. The number of halogens is 1. The third kappa shape index (κ3) is 6.81. The molecule has 0 aliphatic carbocycles. The molecule has 0 radical (unpaired) electrons. The summed E-state index contributed by atoms with van der Waals surface area (Å²) < 4.78 is 18.3. The van der Waals surface area contributed by atoms with E-state index >= 15 is 0 Å². The van der Waals surface area contributed by atoms with Gasteiger partial charge in [-0.25, -0.2) is 0 Å². The van der Waals surface area contributed by atoms with E-state index in [0.717, 1.165) is 49.3 Å². The second-order valence-electron chi connectivity index (χ2n) is 5.67. The maximum Gasteiger partial charge on any atom is 0.231 e. The molecule has 2 N–H and O–H groups in total. The summed E-state index contributed by atoms with van der Waals surface area (Å²) in [6.07, 6.45) is 4.68. The minimum atomic E-state index is 0. The van der Waals surface area contributed by atoms with Crippen molar-refractivity contribution in [3.63, 3.8) is 0 Å². The van der Waals surface area contributed by atoms with E-state index in [1.54, 1.807) is 6.20 Å². The third-order valence-corrected chi connectivity index (χ3v) is 3.73. The van der Waals surface area contributed by atoms with Crippen molar-refractivity contribution in [1.82, 2.24) is 20.4 Å². The van der Waals surface area contributed by atoms with Gasteiger partial charge in [0.2, 0.25) is 6.79 Å². The Labute approximate surface area is 176 Å². The number of benzene rings is 1. The standard InChI is InChI=1S/C18H25N5O3.HI/c1-2-19-18(20-7-3-10-23-11-4-8-22-23)21-9-12-24-15-5-6-16-17(13-15)26-14-25-16;/h4-6,8,11,13H,2-3,7,9-10,12,14H2,1H3,(H2,19,20,21);1H. The van der Waals surface area contributed by atoms with E-state index in [4.69, 9.17) is 14.2 Å². The Hall–Kier alpha value is -2.17. The number of fused-ring (bicyclic) bond motifs is 1. The molecule has 1 aliphatic rings. The summed E-state index contributed by atoms with van der Waals surface area (Å²) in [6.45, 7) is 5.90. The van der Waals surface area contributed by atoms with Crippen molar-refractivity contribution in [1.29, 1.82) is 0 Å². The average Bonchev–Trinajstić information content (AvgIpc) is 3.33. The van der Waals surface area contributed by atoms with Crippen LogP contribution in [0.15, 0.2) is 41.7 Å². The highest BCUT2D eigenvalue weighted by Gasteiger charge is 2.13. The molecule has 0 saturated carbocycles. The Bertz CT molecular complexity index is 709. The van der Waals surface area contributed by atoms with Crippen LogP contribution in [-0.4, -0.2) is 48.8 Å². The number of nitrogens with zero attached hydrogens (tertiary/aromatic N) is 3. The molecule has 0 spiro atoms. The molecule has 1 aromatic carbocycles. The summed E-state index contributed by atoms with van der Waals surface area (Å²) in [4.78, 5) is 4.57. The van der Waals surface area contributed by atoms with Gasteiger partial charge < -0.3 is 24.8 Å². The second-order valence-corrected chi connectivity index (χ2v) is 5.67. The molecule has 1 aliphatic heterocycles. The van der Waals surface area contributed by atoms with Crippen LogP contribution in [-0.2, 0) is 6.54 Å². The van der Waals surface area contributed by atoms with Gasteiger partial charge in [-0.2, -0.15) is 5.10 Å². The van der Waals surface area contributed by atoms with Crippen molar-refractivity contribution >= 4 is 29.9 Å². The summed E-state index contributed by atoms with van der Waals surface area (Å²) in [5.41, 5.74) is 0. The minimum Gasteiger partial charge on any atom is -0.492 e. The van der Waals surface area contributed by atoms with Crippen molar-refractivity contribution in [2.75, 3.05) is 33.0 Å². The fourth-order valence-corrected chi connectivity index (χ4v) is 2.50. The lowest BCUT2D eigenvalue weighted by Crippen LogP contribution is -2.39. The normalized spacial score (nSPS) is 12.4. The van der Waals surface area contributed by atoms with Crippen molar-refractivity contribution in [2.45, 2.75) is 19.9 Å². The average molecular weight is 487 g/mol. The number of nitrogens with one attached hydrogen (secondary N) is 2. The molecule has 148 valence electrons. The highest BCUT2D eigenvalue weighted by molar-refractivity contribution is 14.0. The number of hydrogen-bond donors (Lipinski definition) is 2. The molecule has 9 heteroatoms. The summed E-state index contributed by atoms with van der Waals surface area (Å²) in [7, 11) is 0. The zero-order valence-electron chi connectivity index (χ0n) is 15.4.